The molecule has 0 amide bonds. The number of rotatable bonds is 3. The largest absolute Gasteiger partial charge is 0.339 e. The quantitative estimate of drug-likeness (QED) is 0.744. The summed E-state index contributed by atoms with van der Waals surface area (Å²) >= 11 is 5.90. The Hall–Kier alpha value is -2.14. The van der Waals surface area contributed by atoms with E-state index in [-0.39, 0.29) is 5.92 Å². The molecule has 0 saturated heterocycles. The Morgan fingerprint density at radius 2 is 2.14 bits per heavy atom. The first-order chi connectivity index (χ1) is 10.8. The minimum absolute atomic E-state index is 0.288. The number of nitrogens with zero attached hydrogens (tertiary/aromatic N) is 4. The molecule has 0 aliphatic carbocycles. The summed E-state index contributed by atoms with van der Waals surface area (Å²) in [6, 6.07) is 7.72. The maximum atomic E-state index is 5.90. The SMILES string of the molecule is Clc1ccc(Cc2noc(C3CCn4cncc4C3)n2)cc1. The summed E-state index contributed by atoms with van der Waals surface area (Å²) in [6.07, 6.45) is 6.36. The first kappa shape index (κ1) is 13.5. The van der Waals surface area contributed by atoms with Crippen molar-refractivity contribution in [3.63, 3.8) is 0 Å². The van der Waals surface area contributed by atoms with Crippen LogP contribution in [0.2, 0.25) is 5.02 Å². The average molecular weight is 315 g/mol. The summed E-state index contributed by atoms with van der Waals surface area (Å²) in [6.45, 7) is 0.953. The van der Waals surface area contributed by atoms with Gasteiger partial charge in [-0.3, -0.25) is 0 Å². The fraction of sp³-hybridized carbons (Fsp3) is 0.312. The highest BCUT2D eigenvalue weighted by molar-refractivity contribution is 6.30. The van der Waals surface area contributed by atoms with Crippen LogP contribution in [-0.2, 0) is 19.4 Å². The molecule has 112 valence electrons. The maximum absolute atomic E-state index is 5.90. The van der Waals surface area contributed by atoms with Gasteiger partial charge in [0.05, 0.1) is 6.33 Å². The molecule has 6 heteroatoms. The molecular weight excluding hydrogens is 300 g/mol. The molecule has 22 heavy (non-hydrogen) atoms. The van der Waals surface area contributed by atoms with Crippen molar-refractivity contribution in [3.8, 4) is 0 Å². The smallest absolute Gasteiger partial charge is 0.230 e. The van der Waals surface area contributed by atoms with E-state index < -0.39 is 0 Å². The molecule has 5 nitrogen and oxygen atoms in total. The van der Waals surface area contributed by atoms with Crippen LogP contribution in [0.1, 0.15) is 35.3 Å². The van der Waals surface area contributed by atoms with E-state index in [0.29, 0.717) is 6.42 Å². The van der Waals surface area contributed by atoms with Gasteiger partial charge < -0.3 is 9.09 Å². The summed E-state index contributed by atoms with van der Waals surface area (Å²) < 4.78 is 7.66. The third-order valence-electron chi connectivity index (χ3n) is 4.08. The van der Waals surface area contributed by atoms with E-state index in [2.05, 4.69) is 19.7 Å². The van der Waals surface area contributed by atoms with E-state index >= 15 is 0 Å². The molecule has 0 spiro atoms. The molecule has 1 aromatic carbocycles. The van der Waals surface area contributed by atoms with E-state index in [9.17, 15) is 0 Å². The lowest BCUT2D eigenvalue weighted by atomic mass is 9.96. The van der Waals surface area contributed by atoms with E-state index in [4.69, 9.17) is 16.1 Å². The molecule has 3 aromatic rings. The second-order valence-electron chi connectivity index (χ2n) is 5.62. The number of halogens is 1. The predicted molar refractivity (Wildman–Crippen MR) is 81.8 cm³/mol. The van der Waals surface area contributed by atoms with Crippen molar-refractivity contribution in [2.75, 3.05) is 0 Å². The van der Waals surface area contributed by atoms with Gasteiger partial charge >= 0.3 is 0 Å². The predicted octanol–water partition coefficient (Wildman–Crippen LogP) is 3.24. The fourth-order valence-electron chi connectivity index (χ4n) is 2.87. The molecule has 0 N–H and O–H groups in total. The van der Waals surface area contributed by atoms with Crippen LogP contribution in [0.3, 0.4) is 0 Å². The summed E-state index contributed by atoms with van der Waals surface area (Å²) in [5.74, 6) is 1.74. The molecule has 0 saturated carbocycles. The lowest BCUT2D eigenvalue weighted by Gasteiger charge is -2.20. The Morgan fingerprint density at radius 3 is 3.00 bits per heavy atom. The molecule has 1 atom stereocenters. The number of hydrogen-bond acceptors (Lipinski definition) is 4. The standard InChI is InChI=1S/C16H15ClN4O/c17-13-3-1-11(2-4-13)7-15-19-16(22-20-15)12-5-6-21-10-18-9-14(21)8-12/h1-4,9-10,12H,5-8H2. The van der Waals surface area contributed by atoms with Crippen LogP contribution in [0, 0.1) is 0 Å². The molecule has 1 aliphatic heterocycles. The van der Waals surface area contributed by atoms with Gasteiger partial charge in [0.2, 0.25) is 5.89 Å². The van der Waals surface area contributed by atoms with Crippen LogP contribution in [0.5, 0.6) is 0 Å². The van der Waals surface area contributed by atoms with E-state index in [0.717, 1.165) is 41.7 Å². The van der Waals surface area contributed by atoms with Gasteiger partial charge in [-0.15, -0.1) is 0 Å². The van der Waals surface area contributed by atoms with Crippen molar-refractivity contribution in [3.05, 3.63) is 64.8 Å². The highest BCUT2D eigenvalue weighted by Crippen LogP contribution is 2.28. The van der Waals surface area contributed by atoms with Crippen molar-refractivity contribution >= 4 is 11.6 Å². The summed E-state index contributed by atoms with van der Waals surface area (Å²) in [7, 11) is 0. The van der Waals surface area contributed by atoms with Crippen molar-refractivity contribution in [1.29, 1.82) is 0 Å². The number of hydrogen-bond donors (Lipinski definition) is 0. The second kappa shape index (κ2) is 5.57. The second-order valence-corrected chi connectivity index (χ2v) is 6.06. The monoisotopic (exact) mass is 314 g/mol. The first-order valence-electron chi connectivity index (χ1n) is 7.34. The van der Waals surface area contributed by atoms with E-state index in [1.54, 1.807) is 0 Å². The topological polar surface area (TPSA) is 56.7 Å². The highest BCUT2D eigenvalue weighted by Gasteiger charge is 2.25. The van der Waals surface area contributed by atoms with Crippen molar-refractivity contribution < 1.29 is 4.52 Å². The average Bonchev–Trinajstić information content (AvgIpc) is 3.17. The van der Waals surface area contributed by atoms with Crippen molar-refractivity contribution in [2.24, 2.45) is 0 Å². The Balaban J connectivity index is 1.49. The fourth-order valence-corrected chi connectivity index (χ4v) is 3.00. The Labute approximate surface area is 132 Å². The third-order valence-corrected chi connectivity index (χ3v) is 4.33. The molecule has 0 bridgehead atoms. The molecule has 2 aromatic heterocycles. The van der Waals surface area contributed by atoms with Crippen LogP contribution in [0.25, 0.3) is 0 Å². The maximum Gasteiger partial charge on any atom is 0.230 e. The van der Waals surface area contributed by atoms with Gasteiger partial charge in [0.25, 0.3) is 0 Å². The molecule has 3 heterocycles. The summed E-state index contributed by atoms with van der Waals surface area (Å²) in [5.41, 5.74) is 2.35. The van der Waals surface area contributed by atoms with Gasteiger partial charge in [-0.1, -0.05) is 28.9 Å². The molecular formula is C16H15ClN4O. The van der Waals surface area contributed by atoms with Gasteiger partial charge in [0.1, 0.15) is 0 Å². The number of imidazole rings is 1. The summed E-state index contributed by atoms with van der Waals surface area (Å²) in [4.78, 5) is 8.75. The minimum Gasteiger partial charge on any atom is -0.339 e. The van der Waals surface area contributed by atoms with Gasteiger partial charge in [-0.05, 0) is 24.1 Å². The minimum atomic E-state index is 0.288. The highest BCUT2D eigenvalue weighted by atomic mass is 35.5. The normalized spacial score (nSPS) is 17.4. The van der Waals surface area contributed by atoms with Crippen LogP contribution in [0.4, 0.5) is 0 Å². The third kappa shape index (κ3) is 2.64. The van der Waals surface area contributed by atoms with Crippen LogP contribution in [0.15, 0.2) is 41.3 Å². The molecule has 1 unspecified atom stereocenters. The van der Waals surface area contributed by atoms with Gasteiger partial charge in [-0.25, -0.2) is 4.98 Å². The molecule has 0 radical (unpaired) electrons. The zero-order chi connectivity index (χ0) is 14.9. The summed E-state index contributed by atoms with van der Waals surface area (Å²) in [5, 5.41) is 4.84. The molecule has 0 fully saturated rings. The van der Waals surface area contributed by atoms with Gasteiger partial charge in [0.15, 0.2) is 5.82 Å². The molecule has 4 rings (SSSR count). The number of aryl methyl sites for hydroxylation is 1. The van der Waals surface area contributed by atoms with Crippen LogP contribution < -0.4 is 0 Å². The first-order valence-corrected chi connectivity index (χ1v) is 7.71. The lowest BCUT2D eigenvalue weighted by molar-refractivity contribution is 0.323. The zero-order valence-corrected chi connectivity index (χ0v) is 12.7. The van der Waals surface area contributed by atoms with Gasteiger partial charge in [-0.2, -0.15) is 4.98 Å². The Morgan fingerprint density at radius 1 is 1.27 bits per heavy atom. The van der Waals surface area contributed by atoms with Crippen LogP contribution in [-0.4, -0.2) is 19.7 Å². The number of benzene rings is 1. The van der Waals surface area contributed by atoms with E-state index in [1.165, 1.54) is 5.69 Å². The van der Waals surface area contributed by atoms with E-state index in [1.807, 2.05) is 36.8 Å². The molecule has 1 aliphatic rings. The zero-order valence-electron chi connectivity index (χ0n) is 11.9. The van der Waals surface area contributed by atoms with Crippen molar-refractivity contribution in [2.45, 2.75) is 31.7 Å². The Bertz CT molecular complexity index is 778. The van der Waals surface area contributed by atoms with Gasteiger partial charge in [0, 0.05) is 42.2 Å². The number of aromatic nitrogens is 4. The van der Waals surface area contributed by atoms with Crippen molar-refractivity contribution in [1.82, 2.24) is 19.7 Å². The Kier molecular flexibility index (Phi) is 3.42. The number of fused-ring (bicyclic) bond motifs is 1. The lowest BCUT2D eigenvalue weighted by Crippen LogP contribution is -2.17. The van der Waals surface area contributed by atoms with Crippen LogP contribution >= 0.6 is 11.6 Å².